The molecule has 1 atom stereocenters. The molecule has 2 nitrogen and oxygen atoms in total. The van der Waals surface area contributed by atoms with Crippen LogP contribution in [0.4, 0.5) is 0 Å². The molecule has 0 bridgehead atoms. The minimum atomic E-state index is 0.315. The fraction of sp³-hybridized carbons (Fsp3) is 0.500. The van der Waals surface area contributed by atoms with Crippen molar-refractivity contribution in [3.05, 3.63) is 23.8 Å². The van der Waals surface area contributed by atoms with Gasteiger partial charge in [-0.05, 0) is 30.2 Å². The van der Waals surface area contributed by atoms with Gasteiger partial charge in [0.05, 0.1) is 6.61 Å². The van der Waals surface area contributed by atoms with E-state index in [1.54, 1.807) is 0 Å². The van der Waals surface area contributed by atoms with E-state index >= 15 is 0 Å². The van der Waals surface area contributed by atoms with Crippen molar-refractivity contribution in [2.45, 2.75) is 30.8 Å². The van der Waals surface area contributed by atoms with Gasteiger partial charge < -0.3 is 9.47 Å². The first kappa shape index (κ1) is 10.8. The zero-order valence-corrected chi connectivity index (χ0v) is 9.80. The smallest absolute Gasteiger partial charge is 0.119 e. The normalized spacial score (nSPS) is 18.9. The first-order valence-electron chi connectivity index (χ1n) is 5.36. The number of hydrogen-bond donors (Lipinski definition) is 1. The zero-order valence-electron chi connectivity index (χ0n) is 8.90. The van der Waals surface area contributed by atoms with Crippen LogP contribution in [-0.4, -0.2) is 19.3 Å². The Hall–Kier alpha value is -0.670. The molecule has 1 unspecified atom stereocenters. The zero-order chi connectivity index (χ0) is 10.7. The van der Waals surface area contributed by atoms with Gasteiger partial charge in [0, 0.05) is 4.90 Å². The predicted molar refractivity (Wildman–Crippen MR) is 62.9 cm³/mol. The number of epoxide rings is 1. The molecule has 1 heterocycles. The highest BCUT2D eigenvalue weighted by molar-refractivity contribution is 7.80. The standard InChI is InChI=1S/C12H16O2S/c1-2-3-9-6-10(4-5-12(9)15)13-7-11-8-14-11/h4-6,11,15H,2-3,7-8H2,1H3. The Labute approximate surface area is 96.0 Å². The third kappa shape index (κ3) is 3.14. The van der Waals surface area contributed by atoms with Crippen LogP contribution in [-0.2, 0) is 11.2 Å². The number of benzene rings is 1. The van der Waals surface area contributed by atoms with Crippen LogP contribution in [0.1, 0.15) is 18.9 Å². The summed E-state index contributed by atoms with van der Waals surface area (Å²) in [5.41, 5.74) is 1.26. The Morgan fingerprint density at radius 2 is 2.33 bits per heavy atom. The lowest BCUT2D eigenvalue weighted by Crippen LogP contribution is -2.04. The summed E-state index contributed by atoms with van der Waals surface area (Å²) in [7, 11) is 0. The minimum absolute atomic E-state index is 0.315. The van der Waals surface area contributed by atoms with Crippen LogP contribution >= 0.6 is 12.6 Å². The van der Waals surface area contributed by atoms with E-state index < -0.39 is 0 Å². The largest absolute Gasteiger partial charge is 0.491 e. The van der Waals surface area contributed by atoms with Crippen molar-refractivity contribution in [1.82, 2.24) is 0 Å². The van der Waals surface area contributed by atoms with Gasteiger partial charge in [-0.1, -0.05) is 13.3 Å². The topological polar surface area (TPSA) is 21.8 Å². The summed E-state index contributed by atoms with van der Waals surface area (Å²) in [6.07, 6.45) is 2.49. The van der Waals surface area contributed by atoms with Gasteiger partial charge in [-0.15, -0.1) is 12.6 Å². The molecule has 1 fully saturated rings. The monoisotopic (exact) mass is 224 g/mol. The van der Waals surface area contributed by atoms with E-state index in [-0.39, 0.29) is 0 Å². The second kappa shape index (κ2) is 4.90. The third-order valence-corrected chi connectivity index (χ3v) is 2.84. The molecule has 1 aromatic rings. The van der Waals surface area contributed by atoms with E-state index in [1.807, 2.05) is 12.1 Å². The summed E-state index contributed by atoms with van der Waals surface area (Å²) in [4.78, 5) is 1.05. The first-order chi connectivity index (χ1) is 7.29. The molecular weight excluding hydrogens is 208 g/mol. The van der Waals surface area contributed by atoms with Crippen LogP contribution in [0.5, 0.6) is 5.75 Å². The van der Waals surface area contributed by atoms with Gasteiger partial charge in [-0.25, -0.2) is 0 Å². The van der Waals surface area contributed by atoms with Crippen LogP contribution in [0.2, 0.25) is 0 Å². The summed E-state index contributed by atoms with van der Waals surface area (Å²) in [6, 6.07) is 6.04. The molecular formula is C12H16O2S. The second-order valence-electron chi connectivity index (χ2n) is 3.81. The highest BCUT2D eigenvalue weighted by atomic mass is 32.1. The Bertz CT molecular complexity index is 334. The van der Waals surface area contributed by atoms with E-state index in [9.17, 15) is 0 Å². The molecule has 1 aliphatic heterocycles. The maximum atomic E-state index is 5.61. The van der Waals surface area contributed by atoms with E-state index in [0.29, 0.717) is 12.7 Å². The molecule has 1 aliphatic rings. The molecule has 1 saturated heterocycles. The van der Waals surface area contributed by atoms with Gasteiger partial charge in [0.1, 0.15) is 18.5 Å². The molecule has 0 N–H and O–H groups in total. The Balaban J connectivity index is 1.99. The number of thiol groups is 1. The third-order valence-electron chi connectivity index (χ3n) is 2.41. The van der Waals surface area contributed by atoms with E-state index in [4.69, 9.17) is 9.47 Å². The molecule has 0 saturated carbocycles. The second-order valence-corrected chi connectivity index (χ2v) is 4.29. The highest BCUT2D eigenvalue weighted by Gasteiger charge is 2.23. The molecule has 82 valence electrons. The summed E-state index contributed by atoms with van der Waals surface area (Å²) in [6.45, 7) is 3.67. The molecule has 0 spiro atoms. The molecule has 3 heteroatoms. The summed E-state index contributed by atoms with van der Waals surface area (Å²) in [5, 5.41) is 0. The molecule has 0 radical (unpaired) electrons. The highest BCUT2D eigenvalue weighted by Crippen LogP contribution is 2.23. The average molecular weight is 224 g/mol. The molecule has 2 rings (SSSR count). The summed E-state index contributed by atoms with van der Waals surface area (Å²) in [5.74, 6) is 0.923. The van der Waals surface area contributed by atoms with Gasteiger partial charge in [-0.3, -0.25) is 0 Å². The van der Waals surface area contributed by atoms with E-state index in [1.165, 1.54) is 5.56 Å². The Morgan fingerprint density at radius 1 is 1.53 bits per heavy atom. The van der Waals surface area contributed by atoms with Crippen LogP contribution < -0.4 is 4.74 Å². The summed E-state index contributed by atoms with van der Waals surface area (Å²) >= 11 is 4.42. The van der Waals surface area contributed by atoms with Crippen molar-refractivity contribution in [2.24, 2.45) is 0 Å². The maximum absolute atomic E-state index is 5.61. The van der Waals surface area contributed by atoms with Crippen LogP contribution in [0.15, 0.2) is 23.1 Å². The van der Waals surface area contributed by atoms with Crippen molar-refractivity contribution in [3.63, 3.8) is 0 Å². The lowest BCUT2D eigenvalue weighted by Gasteiger charge is -2.08. The number of ether oxygens (including phenoxy) is 2. The first-order valence-corrected chi connectivity index (χ1v) is 5.80. The van der Waals surface area contributed by atoms with Gasteiger partial charge in [-0.2, -0.15) is 0 Å². The van der Waals surface area contributed by atoms with Gasteiger partial charge in [0.2, 0.25) is 0 Å². The van der Waals surface area contributed by atoms with Gasteiger partial charge in [0.25, 0.3) is 0 Å². The quantitative estimate of drug-likeness (QED) is 0.613. The van der Waals surface area contributed by atoms with Crippen molar-refractivity contribution in [1.29, 1.82) is 0 Å². The fourth-order valence-electron chi connectivity index (χ4n) is 1.47. The summed E-state index contributed by atoms with van der Waals surface area (Å²) < 4.78 is 10.7. The lowest BCUT2D eigenvalue weighted by atomic mass is 10.1. The van der Waals surface area contributed by atoms with Crippen LogP contribution in [0.25, 0.3) is 0 Å². The molecule has 0 amide bonds. The van der Waals surface area contributed by atoms with Crippen LogP contribution in [0.3, 0.4) is 0 Å². The average Bonchev–Trinajstić information content (AvgIpc) is 3.03. The molecule has 0 aromatic heterocycles. The lowest BCUT2D eigenvalue weighted by molar-refractivity contribution is 0.262. The SMILES string of the molecule is CCCc1cc(OCC2CO2)ccc1S. The maximum Gasteiger partial charge on any atom is 0.119 e. The molecule has 1 aromatic carbocycles. The van der Waals surface area contributed by atoms with Gasteiger partial charge in [0.15, 0.2) is 0 Å². The number of aryl methyl sites for hydroxylation is 1. The van der Waals surface area contributed by atoms with Crippen molar-refractivity contribution >= 4 is 12.6 Å². The molecule has 15 heavy (non-hydrogen) atoms. The minimum Gasteiger partial charge on any atom is -0.491 e. The van der Waals surface area contributed by atoms with Gasteiger partial charge >= 0.3 is 0 Å². The van der Waals surface area contributed by atoms with Crippen molar-refractivity contribution in [3.8, 4) is 5.75 Å². The van der Waals surface area contributed by atoms with Crippen molar-refractivity contribution < 1.29 is 9.47 Å². The number of rotatable bonds is 5. The Morgan fingerprint density at radius 3 is 3.00 bits per heavy atom. The molecule has 0 aliphatic carbocycles. The van der Waals surface area contributed by atoms with E-state index in [2.05, 4.69) is 25.6 Å². The fourth-order valence-corrected chi connectivity index (χ4v) is 1.73. The van der Waals surface area contributed by atoms with Crippen molar-refractivity contribution in [2.75, 3.05) is 13.2 Å². The van der Waals surface area contributed by atoms with Crippen LogP contribution in [0, 0.1) is 0 Å². The number of hydrogen-bond acceptors (Lipinski definition) is 3. The predicted octanol–water partition coefficient (Wildman–Crippen LogP) is 2.71. The van der Waals surface area contributed by atoms with E-state index in [0.717, 1.165) is 30.1 Å². The Kier molecular flexibility index (Phi) is 3.54.